The predicted octanol–water partition coefficient (Wildman–Crippen LogP) is 10.1. The van der Waals surface area contributed by atoms with Gasteiger partial charge in [-0.3, -0.25) is 9.59 Å². The number of carbonyl (C=O) groups excluding carboxylic acids is 2. The van der Waals surface area contributed by atoms with Crippen LogP contribution in [0.1, 0.15) is 184 Å². The van der Waals surface area contributed by atoms with Gasteiger partial charge in [0.05, 0.1) is 0 Å². The minimum absolute atomic E-state index is 0. The van der Waals surface area contributed by atoms with Crippen molar-refractivity contribution in [1.82, 2.24) is 0 Å². The van der Waals surface area contributed by atoms with Gasteiger partial charge in [0.2, 0.25) is 0 Å². The Morgan fingerprint density at radius 2 is 0.618 bits per heavy atom. The number of hydrogen-bond donors (Lipinski definition) is 0. The summed E-state index contributed by atoms with van der Waals surface area (Å²) < 4.78 is 4.97. The third-order valence-corrected chi connectivity index (χ3v) is 6.70. The molecule has 3 nitrogen and oxygen atoms in total. The topological polar surface area (TPSA) is 43.4 Å². The molecule has 0 saturated heterocycles. The molecule has 0 aromatic heterocycles. The van der Waals surface area contributed by atoms with E-state index in [1.165, 1.54) is 128 Å². The number of unbranched alkanes of at least 4 members (excludes halogenated alkanes) is 22. The second kappa shape index (κ2) is 31.4. The third-order valence-electron chi connectivity index (χ3n) is 6.70. The normalized spacial score (nSPS) is 10.8. The standard InChI is InChI=1S/C30H58O3.Ca.2H/c1-3-5-7-9-11-13-15-16-18-20-22-24-26-28-30(32)33-29(31)27-25-23-21-19-17-14-12-10-8-6-4-2;;;/h3-28H2,1-2H3;;;/q;+2;2*-1. The molecule has 0 N–H and O–H groups in total. The Labute approximate surface area is 246 Å². The summed E-state index contributed by atoms with van der Waals surface area (Å²) >= 11 is 0. The molecule has 0 aliphatic carbocycles. The Kier molecular flexibility index (Phi) is 33.8. The van der Waals surface area contributed by atoms with Gasteiger partial charge in [-0.15, -0.1) is 0 Å². The minimum Gasteiger partial charge on any atom is -1.00 e. The maximum absolute atomic E-state index is 11.8. The van der Waals surface area contributed by atoms with Crippen LogP contribution in [-0.2, 0) is 14.3 Å². The van der Waals surface area contributed by atoms with E-state index >= 15 is 0 Å². The van der Waals surface area contributed by atoms with E-state index in [-0.39, 0.29) is 52.5 Å². The predicted molar refractivity (Wildman–Crippen MR) is 150 cm³/mol. The van der Waals surface area contributed by atoms with Crippen LogP contribution in [-0.4, -0.2) is 49.7 Å². The number of esters is 2. The summed E-state index contributed by atoms with van der Waals surface area (Å²) in [7, 11) is 0. The SMILES string of the molecule is CCCCCCCCCCCCCCCC(=O)OC(=O)CCCCCCCCCCCCC.[Ca+2].[H-].[H-]. The van der Waals surface area contributed by atoms with Gasteiger partial charge in [-0.2, -0.15) is 0 Å². The summed E-state index contributed by atoms with van der Waals surface area (Å²) in [5.74, 6) is -0.656. The molecule has 0 fully saturated rings. The fourth-order valence-corrected chi connectivity index (χ4v) is 4.45. The van der Waals surface area contributed by atoms with Crippen LogP contribution in [0.25, 0.3) is 0 Å². The van der Waals surface area contributed by atoms with E-state index in [1.54, 1.807) is 0 Å². The van der Waals surface area contributed by atoms with Crippen LogP contribution in [0.4, 0.5) is 0 Å². The molecule has 0 atom stereocenters. The van der Waals surface area contributed by atoms with Crippen LogP contribution in [0.2, 0.25) is 0 Å². The van der Waals surface area contributed by atoms with Crippen molar-refractivity contribution in [2.24, 2.45) is 0 Å². The van der Waals surface area contributed by atoms with E-state index in [0.717, 1.165) is 25.7 Å². The molecule has 0 aromatic carbocycles. The van der Waals surface area contributed by atoms with Crippen LogP contribution in [0, 0.1) is 0 Å². The van der Waals surface area contributed by atoms with E-state index in [9.17, 15) is 9.59 Å². The summed E-state index contributed by atoms with van der Waals surface area (Å²) in [5, 5.41) is 0. The molecule has 0 aliphatic rings. The molecule has 0 bridgehead atoms. The van der Waals surface area contributed by atoms with Gasteiger partial charge in [-0.05, 0) is 12.8 Å². The molecule has 4 heteroatoms. The summed E-state index contributed by atoms with van der Waals surface area (Å²) in [5.41, 5.74) is 0. The Bertz CT molecular complexity index is 436. The Morgan fingerprint density at radius 1 is 0.412 bits per heavy atom. The van der Waals surface area contributed by atoms with E-state index in [4.69, 9.17) is 4.74 Å². The first kappa shape index (κ1) is 36.6. The zero-order chi connectivity index (χ0) is 24.2. The van der Waals surface area contributed by atoms with Gasteiger partial charge in [0, 0.05) is 12.8 Å². The van der Waals surface area contributed by atoms with E-state index in [0.29, 0.717) is 12.8 Å². The van der Waals surface area contributed by atoms with Crippen LogP contribution in [0.3, 0.4) is 0 Å². The van der Waals surface area contributed by atoms with Crippen molar-refractivity contribution in [1.29, 1.82) is 0 Å². The smallest absolute Gasteiger partial charge is 1.00 e. The number of carbonyl (C=O) groups is 2. The van der Waals surface area contributed by atoms with Gasteiger partial charge in [0.15, 0.2) is 0 Å². The first-order valence-corrected chi connectivity index (χ1v) is 14.9. The zero-order valence-electron chi connectivity index (χ0n) is 25.3. The summed E-state index contributed by atoms with van der Waals surface area (Å²) in [6.07, 6.45) is 31.4. The molecular weight excluding hydrogens is 448 g/mol. The van der Waals surface area contributed by atoms with Crippen LogP contribution >= 0.6 is 0 Å². The molecule has 0 aliphatic heterocycles. The van der Waals surface area contributed by atoms with Gasteiger partial charge in [0.1, 0.15) is 0 Å². The molecule has 200 valence electrons. The van der Waals surface area contributed by atoms with Crippen molar-refractivity contribution in [3.63, 3.8) is 0 Å². The molecule has 0 saturated carbocycles. The van der Waals surface area contributed by atoms with Gasteiger partial charge < -0.3 is 7.59 Å². The number of hydrogen-bond acceptors (Lipinski definition) is 3. The van der Waals surface area contributed by atoms with Gasteiger partial charge in [0.25, 0.3) is 0 Å². The molecule has 0 radical (unpaired) electrons. The van der Waals surface area contributed by atoms with Crippen molar-refractivity contribution in [2.75, 3.05) is 0 Å². The molecule has 0 unspecified atom stereocenters. The van der Waals surface area contributed by atoms with Crippen molar-refractivity contribution >= 4 is 49.7 Å². The van der Waals surface area contributed by atoms with Crippen molar-refractivity contribution < 1.29 is 17.2 Å². The van der Waals surface area contributed by atoms with Gasteiger partial charge in [-0.25, -0.2) is 0 Å². The number of rotatable bonds is 26. The summed E-state index contributed by atoms with van der Waals surface area (Å²) in [4.78, 5) is 23.6. The fourth-order valence-electron chi connectivity index (χ4n) is 4.45. The van der Waals surface area contributed by atoms with Crippen molar-refractivity contribution in [3.05, 3.63) is 0 Å². The first-order valence-electron chi connectivity index (χ1n) is 14.9. The number of ether oxygens (including phenoxy) is 1. The first-order chi connectivity index (χ1) is 16.2. The summed E-state index contributed by atoms with van der Waals surface area (Å²) in [6.45, 7) is 4.52. The molecule has 0 amide bonds. The van der Waals surface area contributed by atoms with Crippen molar-refractivity contribution in [2.45, 2.75) is 181 Å². The zero-order valence-corrected chi connectivity index (χ0v) is 25.5. The molecule has 0 rings (SSSR count). The van der Waals surface area contributed by atoms with Crippen LogP contribution in [0.15, 0.2) is 0 Å². The largest absolute Gasteiger partial charge is 2.00 e. The van der Waals surface area contributed by atoms with Crippen molar-refractivity contribution in [3.8, 4) is 0 Å². The average molecular weight is 509 g/mol. The Balaban J connectivity index is -0.00000171. The van der Waals surface area contributed by atoms with Crippen LogP contribution < -0.4 is 0 Å². The Hall–Kier alpha value is 0.400. The monoisotopic (exact) mass is 508 g/mol. The molecule has 0 heterocycles. The van der Waals surface area contributed by atoms with Gasteiger partial charge in [-0.1, -0.05) is 155 Å². The molecule has 0 spiro atoms. The molecule has 0 aromatic rings. The Morgan fingerprint density at radius 3 is 0.853 bits per heavy atom. The third kappa shape index (κ3) is 30.4. The minimum atomic E-state index is -0.328. The maximum atomic E-state index is 11.8. The van der Waals surface area contributed by atoms with Crippen LogP contribution in [0.5, 0.6) is 0 Å². The molecular formula is C30H60CaO3. The van der Waals surface area contributed by atoms with E-state index < -0.39 is 0 Å². The summed E-state index contributed by atoms with van der Waals surface area (Å²) in [6, 6.07) is 0. The van der Waals surface area contributed by atoms with E-state index in [1.807, 2.05) is 0 Å². The molecule has 34 heavy (non-hydrogen) atoms. The van der Waals surface area contributed by atoms with E-state index in [2.05, 4.69) is 13.8 Å². The fraction of sp³-hybridized carbons (Fsp3) is 0.933. The maximum Gasteiger partial charge on any atom is 2.00 e. The second-order valence-electron chi connectivity index (χ2n) is 10.1. The average Bonchev–Trinajstić information content (AvgIpc) is 2.80. The van der Waals surface area contributed by atoms with Gasteiger partial charge >= 0.3 is 49.7 Å². The quantitative estimate of drug-likeness (QED) is 0.0505. The second-order valence-corrected chi connectivity index (χ2v) is 10.1.